The van der Waals surface area contributed by atoms with Gasteiger partial charge in [0.25, 0.3) is 0 Å². The Labute approximate surface area is 284 Å². The number of likely N-dealkylation sites (tertiary alicyclic amines) is 1. The van der Waals surface area contributed by atoms with Gasteiger partial charge in [0.2, 0.25) is 0 Å². The lowest BCUT2D eigenvalue weighted by atomic mass is 9.98. The SMILES string of the molecule is Cc1cc(CC2CN(C(=O)OC(C)(C)C)CC2OCCNCCc2cccc(F)c2)nc(N(Cc2ccccc2)C(=O)OC(C)(C)C)c1. The number of hydrogen-bond donors (Lipinski definition) is 1. The minimum absolute atomic E-state index is 0.0453. The van der Waals surface area contributed by atoms with Gasteiger partial charge >= 0.3 is 12.2 Å². The molecule has 0 bridgehead atoms. The Kier molecular flexibility index (Phi) is 12.6. The Morgan fingerprint density at radius 2 is 1.62 bits per heavy atom. The van der Waals surface area contributed by atoms with Crippen molar-refractivity contribution in [3.63, 3.8) is 0 Å². The van der Waals surface area contributed by atoms with Gasteiger partial charge in [-0.15, -0.1) is 0 Å². The molecule has 0 radical (unpaired) electrons. The third-order valence-corrected chi connectivity index (χ3v) is 7.68. The highest BCUT2D eigenvalue weighted by molar-refractivity contribution is 5.86. The molecule has 2 aromatic carbocycles. The van der Waals surface area contributed by atoms with E-state index in [0.29, 0.717) is 58.0 Å². The predicted octanol–water partition coefficient (Wildman–Crippen LogP) is 7.10. The van der Waals surface area contributed by atoms with Crippen molar-refractivity contribution in [2.75, 3.05) is 37.7 Å². The largest absolute Gasteiger partial charge is 0.444 e. The van der Waals surface area contributed by atoms with E-state index >= 15 is 0 Å². The second-order valence-electron chi connectivity index (χ2n) is 14.4. The zero-order valence-electron chi connectivity index (χ0n) is 29.4. The zero-order chi connectivity index (χ0) is 34.9. The second kappa shape index (κ2) is 16.4. The Hall–Kier alpha value is -4.02. The number of amides is 2. The van der Waals surface area contributed by atoms with E-state index in [1.54, 1.807) is 21.9 Å². The quantitative estimate of drug-likeness (QED) is 0.207. The molecule has 2 amide bonds. The summed E-state index contributed by atoms with van der Waals surface area (Å²) in [5.41, 5.74) is 2.35. The maximum absolute atomic E-state index is 13.5. The highest BCUT2D eigenvalue weighted by atomic mass is 19.1. The first-order valence-corrected chi connectivity index (χ1v) is 16.7. The van der Waals surface area contributed by atoms with Crippen LogP contribution in [0.1, 0.15) is 63.9 Å². The summed E-state index contributed by atoms with van der Waals surface area (Å²) < 4.78 is 31.3. The number of aromatic nitrogens is 1. The van der Waals surface area contributed by atoms with Crippen LogP contribution in [-0.2, 0) is 33.6 Å². The number of nitrogens with one attached hydrogen (secondary N) is 1. The molecular formula is C38H51FN4O5. The topological polar surface area (TPSA) is 93.2 Å². The molecule has 9 nitrogen and oxygen atoms in total. The van der Waals surface area contributed by atoms with Crippen LogP contribution >= 0.6 is 0 Å². The highest BCUT2D eigenvalue weighted by Gasteiger charge is 2.38. The predicted molar refractivity (Wildman–Crippen MR) is 186 cm³/mol. The summed E-state index contributed by atoms with van der Waals surface area (Å²) in [6, 6.07) is 20.3. The van der Waals surface area contributed by atoms with Crippen molar-refractivity contribution in [2.24, 2.45) is 5.92 Å². The van der Waals surface area contributed by atoms with Crippen molar-refractivity contribution < 1.29 is 28.2 Å². The maximum atomic E-state index is 13.5. The van der Waals surface area contributed by atoms with Crippen molar-refractivity contribution in [3.05, 3.63) is 94.9 Å². The van der Waals surface area contributed by atoms with Crippen LogP contribution in [0.4, 0.5) is 19.8 Å². The maximum Gasteiger partial charge on any atom is 0.416 e. The molecule has 260 valence electrons. The number of benzene rings is 2. The average Bonchev–Trinajstić information content (AvgIpc) is 3.38. The minimum Gasteiger partial charge on any atom is -0.444 e. The first-order chi connectivity index (χ1) is 22.6. The summed E-state index contributed by atoms with van der Waals surface area (Å²) in [5, 5.41) is 3.37. The molecule has 2 heterocycles. The van der Waals surface area contributed by atoms with Crippen LogP contribution in [0.5, 0.6) is 0 Å². The third kappa shape index (κ3) is 11.9. The number of carbonyl (C=O) groups is 2. The van der Waals surface area contributed by atoms with Gasteiger partial charge in [0, 0.05) is 24.7 Å². The molecular weight excluding hydrogens is 611 g/mol. The van der Waals surface area contributed by atoms with E-state index in [1.807, 2.05) is 97.0 Å². The van der Waals surface area contributed by atoms with Gasteiger partial charge in [-0.3, -0.25) is 4.90 Å². The fraction of sp³-hybridized carbons (Fsp3) is 0.500. The standard InChI is InChI=1S/C38H51FN4O5/c1-27-20-32(41-34(21-27)43(36(45)48-38(5,6)7)24-29-12-9-8-10-13-29)23-30-25-42(35(44)47-37(2,3)4)26-33(30)46-19-18-40-17-16-28-14-11-15-31(39)22-28/h8-15,20-22,30,33,40H,16-19,23-26H2,1-7H3. The van der Waals surface area contributed by atoms with Gasteiger partial charge in [0.15, 0.2) is 0 Å². The van der Waals surface area contributed by atoms with Crippen molar-refractivity contribution in [1.29, 1.82) is 0 Å². The van der Waals surface area contributed by atoms with E-state index in [0.717, 1.165) is 22.4 Å². The summed E-state index contributed by atoms with van der Waals surface area (Å²) >= 11 is 0. The van der Waals surface area contributed by atoms with Crippen LogP contribution in [0.3, 0.4) is 0 Å². The van der Waals surface area contributed by atoms with Crippen LogP contribution in [0.15, 0.2) is 66.7 Å². The van der Waals surface area contributed by atoms with Crippen LogP contribution in [0.2, 0.25) is 0 Å². The molecule has 1 fully saturated rings. The highest BCUT2D eigenvalue weighted by Crippen LogP contribution is 2.28. The van der Waals surface area contributed by atoms with Crippen molar-refractivity contribution >= 4 is 18.0 Å². The molecule has 4 rings (SSSR count). The lowest BCUT2D eigenvalue weighted by molar-refractivity contribution is 0.0186. The van der Waals surface area contributed by atoms with Gasteiger partial charge < -0.3 is 24.4 Å². The molecule has 1 aromatic heterocycles. The van der Waals surface area contributed by atoms with E-state index in [9.17, 15) is 14.0 Å². The van der Waals surface area contributed by atoms with Gasteiger partial charge in [0.1, 0.15) is 22.8 Å². The number of nitrogens with zero attached hydrogens (tertiary/aromatic N) is 3. The lowest BCUT2D eigenvalue weighted by Crippen LogP contribution is -2.37. The summed E-state index contributed by atoms with van der Waals surface area (Å²) in [6.45, 7) is 16.0. The Bertz CT molecular complexity index is 1500. The van der Waals surface area contributed by atoms with Crippen molar-refractivity contribution in [2.45, 2.75) is 85.2 Å². The second-order valence-corrected chi connectivity index (χ2v) is 14.4. The molecule has 48 heavy (non-hydrogen) atoms. The molecule has 1 aliphatic rings. The van der Waals surface area contributed by atoms with Gasteiger partial charge in [-0.05, 0) is 109 Å². The normalized spacial score (nSPS) is 16.5. The van der Waals surface area contributed by atoms with E-state index in [-0.39, 0.29) is 23.9 Å². The first kappa shape index (κ1) is 36.8. The van der Waals surface area contributed by atoms with Crippen LogP contribution in [-0.4, -0.2) is 72.2 Å². The average molecular weight is 663 g/mol. The van der Waals surface area contributed by atoms with Gasteiger partial charge in [-0.25, -0.2) is 19.0 Å². The molecule has 10 heteroatoms. The molecule has 1 saturated heterocycles. The molecule has 2 atom stereocenters. The minimum atomic E-state index is -0.674. The molecule has 3 aromatic rings. The van der Waals surface area contributed by atoms with E-state index in [4.69, 9.17) is 19.2 Å². The molecule has 0 aliphatic carbocycles. The van der Waals surface area contributed by atoms with Crippen molar-refractivity contribution in [1.82, 2.24) is 15.2 Å². The summed E-state index contributed by atoms with van der Waals surface area (Å²) in [7, 11) is 0. The molecule has 0 saturated carbocycles. The van der Waals surface area contributed by atoms with E-state index < -0.39 is 17.3 Å². The number of anilines is 1. The van der Waals surface area contributed by atoms with Crippen LogP contribution in [0.25, 0.3) is 0 Å². The molecule has 1 aliphatic heterocycles. The Morgan fingerprint density at radius 3 is 2.31 bits per heavy atom. The van der Waals surface area contributed by atoms with Gasteiger partial charge in [-0.1, -0.05) is 42.5 Å². The van der Waals surface area contributed by atoms with Gasteiger partial charge in [0.05, 0.1) is 25.8 Å². The van der Waals surface area contributed by atoms with Crippen LogP contribution in [0, 0.1) is 18.7 Å². The van der Waals surface area contributed by atoms with Crippen LogP contribution < -0.4 is 10.2 Å². The lowest BCUT2D eigenvalue weighted by Gasteiger charge is -2.27. The smallest absolute Gasteiger partial charge is 0.416 e. The molecule has 0 spiro atoms. The summed E-state index contributed by atoms with van der Waals surface area (Å²) in [6.07, 6.45) is 0.170. The van der Waals surface area contributed by atoms with Crippen molar-refractivity contribution in [3.8, 4) is 0 Å². The fourth-order valence-electron chi connectivity index (χ4n) is 5.59. The Morgan fingerprint density at radius 1 is 0.917 bits per heavy atom. The Balaban J connectivity index is 1.48. The molecule has 1 N–H and O–H groups in total. The number of pyridine rings is 1. The number of carbonyl (C=O) groups excluding carboxylic acids is 2. The monoisotopic (exact) mass is 662 g/mol. The number of halogens is 1. The number of hydrogen-bond acceptors (Lipinski definition) is 7. The van der Waals surface area contributed by atoms with Gasteiger partial charge in [-0.2, -0.15) is 0 Å². The molecule has 2 unspecified atom stereocenters. The first-order valence-electron chi connectivity index (χ1n) is 16.7. The van der Waals surface area contributed by atoms with E-state index in [2.05, 4.69) is 5.32 Å². The number of rotatable bonds is 12. The number of ether oxygens (including phenoxy) is 3. The summed E-state index contributed by atoms with van der Waals surface area (Å²) in [4.78, 5) is 34.8. The van der Waals surface area contributed by atoms with E-state index in [1.165, 1.54) is 6.07 Å². The fourth-order valence-corrected chi connectivity index (χ4v) is 5.59. The zero-order valence-corrected chi connectivity index (χ0v) is 29.4. The number of aryl methyl sites for hydroxylation is 1. The summed E-state index contributed by atoms with van der Waals surface area (Å²) in [5.74, 6) is 0.225. The third-order valence-electron chi connectivity index (χ3n) is 7.68.